The zero-order valence-electron chi connectivity index (χ0n) is 15.0. The third kappa shape index (κ3) is 2.80. The van der Waals surface area contributed by atoms with Gasteiger partial charge in [0.15, 0.2) is 38.0 Å². The van der Waals surface area contributed by atoms with E-state index in [-0.39, 0.29) is 4.90 Å². The van der Waals surface area contributed by atoms with Crippen molar-refractivity contribution in [2.45, 2.75) is 31.4 Å². The van der Waals surface area contributed by atoms with Gasteiger partial charge in [0.25, 0.3) is 0 Å². The second-order valence-corrected chi connectivity index (χ2v) is 10.2. The van der Waals surface area contributed by atoms with E-state index in [1.54, 1.807) is 6.92 Å². The van der Waals surface area contributed by atoms with Gasteiger partial charge in [-0.3, -0.25) is 0 Å². The van der Waals surface area contributed by atoms with Gasteiger partial charge in [-0.2, -0.15) is 8.78 Å². The van der Waals surface area contributed by atoms with E-state index in [2.05, 4.69) is 0 Å². The second kappa shape index (κ2) is 6.95. The van der Waals surface area contributed by atoms with Gasteiger partial charge >= 0.3 is 0 Å². The van der Waals surface area contributed by atoms with E-state index in [9.17, 15) is 43.5 Å². The molecule has 2 nitrogen and oxygen atoms in total. The van der Waals surface area contributed by atoms with Crippen LogP contribution in [0.3, 0.4) is 0 Å². The molecule has 0 fully saturated rings. The number of hydrogen-bond acceptors (Lipinski definition) is 2. The molecule has 0 unspecified atom stereocenters. The van der Waals surface area contributed by atoms with Crippen LogP contribution in [0.2, 0.25) is 0 Å². The lowest BCUT2D eigenvalue weighted by molar-refractivity contribution is 0.371. The number of sulfone groups is 1. The molecule has 4 rings (SSSR count). The van der Waals surface area contributed by atoms with Crippen molar-refractivity contribution in [1.29, 1.82) is 0 Å². The van der Waals surface area contributed by atoms with E-state index in [0.717, 1.165) is 0 Å². The summed E-state index contributed by atoms with van der Waals surface area (Å²) in [6.45, 7) is 1.60. The zero-order chi connectivity index (χ0) is 23.0. The predicted octanol–water partition coefficient (Wildman–Crippen LogP) is 5.35. The molecule has 0 N–H and O–H groups in total. The first-order chi connectivity index (χ1) is 14.4. The standard InChI is InChI=1S/C19H7F8O2S2/c1-6-2-4-7(5-3-6)30-16-12(24)8(20)10(22)14(26)18(16)31(28,29)19-15(27)11(23)9(21)13(25)17(19)30/h2-5H,1H3/q+1. The first-order valence-corrected chi connectivity index (χ1v) is 10.9. The van der Waals surface area contributed by atoms with Crippen molar-refractivity contribution in [3.05, 3.63) is 76.4 Å². The molecule has 0 spiro atoms. The highest BCUT2D eigenvalue weighted by atomic mass is 32.2. The van der Waals surface area contributed by atoms with E-state index in [4.69, 9.17) is 0 Å². The van der Waals surface area contributed by atoms with Gasteiger partial charge in [0, 0.05) is 0 Å². The molecule has 1 heterocycles. The maximum atomic E-state index is 14.8. The summed E-state index contributed by atoms with van der Waals surface area (Å²) in [5, 5.41) is 0. The van der Waals surface area contributed by atoms with Crippen LogP contribution >= 0.6 is 0 Å². The number of halogens is 8. The fourth-order valence-corrected chi connectivity index (χ4v) is 7.99. The molecular formula is C19H7F8O2S2+. The normalized spacial score (nSPS) is 15.0. The topological polar surface area (TPSA) is 34.1 Å². The van der Waals surface area contributed by atoms with Crippen molar-refractivity contribution in [3.8, 4) is 0 Å². The summed E-state index contributed by atoms with van der Waals surface area (Å²) in [5.41, 5.74) is 0.603. The molecule has 1 aliphatic rings. The molecule has 0 saturated heterocycles. The number of benzene rings is 3. The minimum atomic E-state index is -5.67. The van der Waals surface area contributed by atoms with Crippen LogP contribution in [0.25, 0.3) is 0 Å². The van der Waals surface area contributed by atoms with Crippen molar-refractivity contribution in [2.24, 2.45) is 0 Å². The molecule has 0 saturated carbocycles. The van der Waals surface area contributed by atoms with Crippen molar-refractivity contribution < 1.29 is 43.5 Å². The highest BCUT2D eigenvalue weighted by Gasteiger charge is 2.56. The summed E-state index contributed by atoms with van der Waals surface area (Å²) in [4.78, 5) is -6.57. The summed E-state index contributed by atoms with van der Waals surface area (Å²) in [6, 6.07) is 5.07. The van der Waals surface area contributed by atoms with Crippen LogP contribution in [0.5, 0.6) is 0 Å². The minimum Gasteiger partial charge on any atom is -0.218 e. The Bertz CT molecular complexity index is 1310. The number of aryl methyl sites for hydroxylation is 1. The minimum absolute atomic E-state index is 0.211. The third-order valence-electron chi connectivity index (χ3n) is 4.57. The number of rotatable bonds is 1. The van der Waals surface area contributed by atoms with Gasteiger partial charge in [0.05, 0.1) is 0 Å². The van der Waals surface area contributed by atoms with Crippen LogP contribution in [-0.4, -0.2) is 8.42 Å². The van der Waals surface area contributed by atoms with E-state index < -0.39 is 86.9 Å². The Morgan fingerprint density at radius 3 is 1.32 bits per heavy atom. The summed E-state index contributed by atoms with van der Waals surface area (Å²) in [6.07, 6.45) is 0. The molecule has 162 valence electrons. The first-order valence-electron chi connectivity index (χ1n) is 8.19. The molecule has 12 heteroatoms. The summed E-state index contributed by atoms with van der Waals surface area (Å²) in [5.74, 6) is -19.0. The van der Waals surface area contributed by atoms with Gasteiger partial charge in [-0.05, 0) is 19.1 Å². The third-order valence-corrected chi connectivity index (χ3v) is 9.00. The van der Waals surface area contributed by atoms with E-state index >= 15 is 0 Å². The van der Waals surface area contributed by atoms with Gasteiger partial charge in [-0.1, -0.05) is 17.7 Å². The SMILES string of the molecule is Cc1ccc([S+]2c3c(F)c(F)c(F)c(F)c3S(=O)(=O)c3c(F)c(F)c(F)c(F)c32)cc1. The predicted molar refractivity (Wildman–Crippen MR) is 91.3 cm³/mol. The molecule has 0 aromatic heterocycles. The second-order valence-electron chi connectivity index (χ2n) is 6.45. The number of fused-ring (bicyclic) bond motifs is 2. The molecule has 0 aliphatic carbocycles. The van der Waals surface area contributed by atoms with Crippen molar-refractivity contribution in [1.82, 2.24) is 0 Å². The van der Waals surface area contributed by atoms with Crippen molar-refractivity contribution in [3.63, 3.8) is 0 Å². The fourth-order valence-electron chi connectivity index (χ4n) is 3.14. The zero-order valence-corrected chi connectivity index (χ0v) is 16.6. The van der Waals surface area contributed by atoms with Crippen LogP contribution in [-0.2, 0) is 20.7 Å². The van der Waals surface area contributed by atoms with Gasteiger partial charge in [0.1, 0.15) is 10.9 Å². The fraction of sp³-hybridized carbons (Fsp3) is 0.0526. The summed E-state index contributed by atoms with van der Waals surface area (Å²) in [7, 11) is -8.19. The molecule has 0 bridgehead atoms. The quantitative estimate of drug-likeness (QED) is 0.120. The van der Waals surface area contributed by atoms with Crippen LogP contribution in [0.4, 0.5) is 35.1 Å². The van der Waals surface area contributed by atoms with Crippen LogP contribution < -0.4 is 0 Å². The van der Waals surface area contributed by atoms with E-state index in [0.29, 0.717) is 5.56 Å². The average Bonchev–Trinajstić information content (AvgIpc) is 2.72. The Balaban J connectivity index is 2.30. The Kier molecular flexibility index (Phi) is 4.85. The Hall–Kier alpha value is -2.60. The highest BCUT2D eigenvalue weighted by Crippen LogP contribution is 2.50. The molecular weight excluding hydrogens is 476 g/mol. The lowest BCUT2D eigenvalue weighted by Crippen LogP contribution is -2.28. The number of hydrogen-bond donors (Lipinski definition) is 0. The molecule has 0 radical (unpaired) electrons. The van der Waals surface area contributed by atoms with E-state index in [1.165, 1.54) is 24.3 Å². The average molecular weight is 483 g/mol. The van der Waals surface area contributed by atoms with Crippen LogP contribution in [0.15, 0.2) is 48.7 Å². The Labute approximate surface area is 172 Å². The van der Waals surface area contributed by atoms with Crippen molar-refractivity contribution >= 4 is 20.7 Å². The van der Waals surface area contributed by atoms with Gasteiger partial charge in [-0.15, -0.1) is 0 Å². The maximum Gasteiger partial charge on any atom is 0.227 e. The maximum absolute atomic E-state index is 14.8. The molecule has 3 aromatic rings. The largest absolute Gasteiger partial charge is 0.227 e. The highest BCUT2D eigenvalue weighted by molar-refractivity contribution is 8.00. The lowest BCUT2D eigenvalue weighted by atomic mass is 10.2. The Morgan fingerprint density at radius 1 is 0.581 bits per heavy atom. The molecule has 3 aromatic carbocycles. The van der Waals surface area contributed by atoms with Gasteiger partial charge in [-0.25, -0.2) is 34.8 Å². The first kappa shape index (κ1) is 21.6. The smallest absolute Gasteiger partial charge is 0.218 e. The molecule has 1 aliphatic heterocycles. The van der Waals surface area contributed by atoms with Gasteiger partial charge in [0.2, 0.25) is 42.9 Å². The van der Waals surface area contributed by atoms with Crippen LogP contribution in [0, 0.1) is 53.5 Å². The Morgan fingerprint density at radius 2 is 0.935 bits per heavy atom. The summed E-state index contributed by atoms with van der Waals surface area (Å²) < 4.78 is 140. The monoisotopic (exact) mass is 483 g/mol. The van der Waals surface area contributed by atoms with Crippen molar-refractivity contribution in [2.75, 3.05) is 0 Å². The van der Waals surface area contributed by atoms with Gasteiger partial charge < -0.3 is 0 Å². The lowest BCUT2D eigenvalue weighted by Gasteiger charge is -2.22. The summed E-state index contributed by atoms with van der Waals surface area (Å²) >= 11 is 0. The van der Waals surface area contributed by atoms with Crippen LogP contribution in [0.1, 0.15) is 5.56 Å². The van der Waals surface area contributed by atoms with E-state index in [1.807, 2.05) is 0 Å². The molecule has 31 heavy (non-hydrogen) atoms. The molecule has 0 atom stereocenters. The molecule has 0 amide bonds.